The second-order valence-corrected chi connectivity index (χ2v) is 7.68. The number of nitrogens with zero attached hydrogens (tertiary/aromatic N) is 2. The lowest BCUT2D eigenvalue weighted by atomic mass is 9.75. The Bertz CT molecular complexity index is 817. The number of carbonyl (C=O) groups is 3. The molecule has 1 N–H and O–H groups in total. The van der Waals surface area contributed by atoms with Crippen molar-refractivity contribution in [1.82, 2.24) is 15.1 Å². The number of piperidine rings is 1. The minimum Gasteiger partial charge on any atom is -0.339 e. The van der Waals surface area contributed by atoms with Crippen molar-refractivity contribution in [2.45, 2.75) is 38.6 Å². The fourth-order valence-corrected chi connectivity index (χ4v) is 4.24. The first-order valence-electron chi connectivity index (χ1n) is 9.62. The summed E-state index contributed by atoms with van der Waals surface area (Å²) in [6.07, 6.45) is 1.69. The Morgan fingerprint density at radius 2 is 2.00 bits per heavy atom. The highest BCUT2D eigenvalue weighted by atomic mass is 19.1. The van der Waals surface area contributed by atoms with E-state index in [1.165, 1.54) is 23.1 Å². The molecular formula is C21H26FN3O3. The molecule has 7 heteroatoms. The summed E-state index contributed by atoms with van der Waals surface area (Å²) >= 11 is 0. The largest absolute Gasteiger partial charge is 0.339 e. The number of amides is 4. The van der Waals surface area contributed by atoms with Gasteiger partial charge in [0, 0.05) is 18.7 Å². The van der Waals surface area contributed by atoms with E-state index in [0.29, 0.717) is 37.9 Å². The maximum absolute atomic E-state index is 13.4. The molecule has 2 heterocycles. The molecular weight excluding hydrogens is 361 g/mol. The number of imide groups is 1. The fourth-order valence-electron chi connectivity index (χ4n) is 4.24. The maximum Gasteiger partial charge on any atom is 0.325 e. The fraction of sp³-hybridized carbons (Fsp3) is 0.476. The van der Waals surface area contributed by atoms with Crippen LogP contribution in [0, 0.1) is 11.7 Å². The van der Waals surface area contributed by atoms with Gasteiger partial charge in [-0.2, -0.15) is 0 Å². The number of carbonyl (C=O) groups excluding carboxylic acids is 3. The van der Waals surface area contributed by atoms with Crippen LogP contribution in [0.4, 0.5) is 9.18 Å². The third-order valence-corrected chi connectivity index (χ3v) is 5.74. The first-order valence-corrected chi connectivity index (χ1v) is 9.62. The quantitative estimate of drug-likeness (QED) is 0.624. The molecule has 2 aliphatic rings. The Morgan fingerprint density at radius 1 is 1.32 bits per heavy atom. The number of urea groups is 1. The van der Waals surface area contributed by atoms with Crippen LogP contribution in [-0.4, -0.2) is 52.8 Å². The molecule has 150 valence electrons. The van der Waals surface area contributed by atoms with Crippen LogP contribution < -0.4 is 5.32 Å². The number of nitrogens with one attached hydrogen (secondary N) is 1. The van der Waals surface area contributed by atoms with Crippen LogP contribution in [0.15, 0.2) is 36.4 Å². The van der Waals surface area contributed by atoms with E-state index in [4.69, 9.17) is 0 Å². The summed E-state index contributed by atoms with van der Waals surface area (Å²) in [6.45, 7) is 8.61. The standard InChI is InChI=1S/C21H26FN3O3/c1-4-21(19(27)25(13-14(2)3)20(28)23-21)16-8-10-24(11-9-16)18(26)15-6-5-7-17(22)12-15/h5-7,12,16H,2,4,8-11,13H2,1,3H3,(H,23,28)/t21-/m1/s1. The smallest absolute Gasteiger partial charge is 0.325 e. The molecule has 3 rings (SSSR count). The number of hydrogen-bond donors (Lipinski definition) is 1. The van der Waals surface area contributed by atoms with Gasteiger partial charge in [0.05, 0.1) is 6.54 Å². The number of rotatable bonds is 5. The normalized spacial score (nSPS) is 23.1. The molecule has 4 amide bonds. The SMILES string of the molecule is C=C(C)CN1C(=O)N[C@](CC)(C2CCN(C(=O)c3cccc(F)c3)CC2)C1=O. The zero-order valence-electron chi connectivity index (χ0n) is 16.3. The summed E-state index contributed by atoms with van der Waals surface area (Å²) < 4.78 is 13.4. The number of hydrogen-bond acceptors (Lipinski definition) is 3. The van der Waals surface area contributed by atoms with Gasteiger partial charge in [0.25, 0.3) is 11.8 Å². The van der Waals surface area contributed by atoms with E-state index >= 15 is 0 Å². The molecule has 1 aromatic rings. The van der Waals surface area contributed by atoms with Gasteiger partial charge in [-0.25, -0.2) is 9.18 Å². The molecule has 2 aliphatic heterocycles. The minimum atomic E-state index is -0.930. The lowest BCUT2D eigenvalue weighted by Crippen LogP contribution is -2.56. The van der Waals surface area contributed by atoms with E-state index in [1.807, 2.05) is 6.92 Å². The molecule has 0 radical (unpaired) electrons. The Kier molecular flexibility index (Phi) is 5.54. The van der Waals surface area contributed by atoms with Gasteiger partial charge in [-0.1, -0.05) is 25.1 Å². The van der Waals surface area contributed by atoms with Crippen molar-refractivity contribution in [3.63, 3.8) is 0 Å². The van der Waals surface area contributed by atoms with Crippen LogP contribution in [0.2, 0.25) is 0 Å². The van der Waals surface area contributed by atoms with Crippen LogP contribution in [0.25, 0.3) is 0 Å². The van der Waals surface area contributed by atoms with E-state index in [9.17, 15) is 18.8 Å². The Hall–Kier alpha value is -2.70. The van der Waals surface area contributed by atoms with Crippen LogP contribution >= 0.6 is 0 Å². The van der Waals surface area contributed by atoms with E-state index in [0.717, 1.165) is 5.57 Å². The van der Waals surface area contributed by atoms with Crippen molar-refractivity contribution in [3.05, 3.63) is 47.8 Å². The van der Waals surface area contributed by atoms with Gasteiger partial charge < -0.3 is 10.2 Å². The second-order valence-electron chi connectivity index (χ2n) is 7.68. The molecule has 0 unspecified atom stereocenters. The minimum absolute atomic E-state index is 0.0550. The van der Waals surface area contributed by atoms with Crippen LogP contribution in [0.1, 0.15) is 43.5 Å². The number of benzene rings is 1. The summed E-state index contributed by atoms with van der Waals surface area (Å²) in [4.78, 5) is 41.0. The Morgan fingerprint density at radius 3 is 2.57 bits per heavy atom. The zero-order chi connectivity index (χ0) is 20.5. The van der Waals surface area contributed by atoms with Gasteiger partial charge in [0.2, 0.25) is 0 Å². The molecule has 1 atom stereocenters. The summed E-state index contributed by atoms with van der Waals surface area (Å²) in [7, 11) is 0. The van der Waals surface area contributed by atoms with E-state index in [2.05, 4.69) is 11.9 Å². The predicted molar refractivity (Wildman–Crippen MR) is 103 cm³/mol. The number of likely N-dealkylation sites (tertiary alicyclic amines) is 1. The van der Waals surface area contributed by atoms with Gasteiger partial charge in [-0.3, -0.25) is 14.5 Å². The average Bonchev–Trinajstić information content (AvgIpc) is 2.92. The first kappa shape index (κ1) is 20.0. The number of halogens is 1. The van der Waals surface area contributed by atoms with Crippen molar-refractivity contribution >= 4 is 17.8 Å². The van der Waals surface area contributed by atoms with Crippen molar-refractivity contribution in [1.29, 1.82) is 0 Å². The van der Waals surface area contributed by atoms with Crippen LogP contribution in [0.3, 0.4) is 0 Å². The van der Waals surface area contributed by atoms with Crippen molar-refractivity contribution in [2.75, 3.05) is 19.6 Å². The van der Waals surface area contributed by atoms with Gasteiger partial charge in [0.15, 0.2) is 0 Å². The van der Waals surface area contributed by atoms with Crippen LogP contribution in [-0.2, 0) is 4.79 Å². The highest BCUT2D eigenvalue weighted by Crippen LogP contribution is 2.36. The van der Waals surface area contributed by atoms with Crippen LogP contribution in [0.5, 0.6) is 0 Å². The molecule has 0 aliphatic carbocycles. The third kappa shape index (κ3) is 3.53. The van der Waals surface area contributed by atoms with E-state index in [-0.39, 0.29) is 30.3 Å². The van der Waals surface area contributed by atoms with Gasteiger partial charge in [-0.15, -0.1) is 0 Å². The molecule has 0 saturated carbocycles. The molecule has 0 spiro atoms. The van der Waals surface area contributed by atoms with E-state index in [1.54, 1.807) is 17.9 Å². The molecule has 2 saturated heterocycles. The second kappa shape index (κ2) is 7.73. The molecule has 0 aromatic heterocycles. The maximum atomic E-state index is 13.4. The van der Waals surface area contributed by atoms with Crippen molar-refractivity contribution in [2.24, 2.45) is 5.92 Å². The molecule has 0 bridgehead atoms. The highest BCUT2D eigenvalue weighted by molar-refractivity contribution is 6.07. The first-order chi connectivity index (χ1) is 13.3. The lowest BCUT2D eigenvalue weighted by Gasteiger charge is -2.40. The Balaban J connectivity index is 1.71. The summed E-state index contributed by atoms with van der Waals surface area (Å²) in [5.41, 5.74) is 0.132. The zero-order valence-corrected chi connectivity index (χ0v) is 16.3. The summed E-state index contributed by atoms with van der Waals surface area (Å²) in [5, 5.41) is 2.92. The highest BCUT2D eigenvalue weighted by Gasteiger charge is 2.54. The molecule has 28 heavy (non-hydrogen) atoms. The predicted octanol–water partition coefficient (Wildman–Crippen LogP) is 2.95. The molecule has 2 fully saturated rings. The van der Waals surface area contributed by atoms with E-state index < -0.39 is 11.4 Å². The lowest BCUT2D eigenvalue weighted by molar-refractivity contribution is -0.133. The summed E-state index contributed by atoms with van der Waals surface area (Å²) in [6, 6.07) is 5.27. The molecule has 1 aromatic carbocycles. The summed E-state index contributed by atoms with van der Waals surface area (Å²) in [5.74, 6) is -0.921. The topological polar surface area (TPSA) is 69.7 Å². The van der Waals surface area contributed by atoms with Gasteiger partial charge in [0.1, 0.15) is 11.4 Å². The van der Waals surface area contributed by atoms with Gasteiger partial charge >= 0.3 is 6.03 Å². The monoisotopic (exact) mass is 387 g/mol. The Labute approximate surface area is 164 Å². The molecule has 6 nitrogen and oxygen atoms in total. The third-order valence-electron chi connectivity index (χ3n) is 5.74. The van der Waals surface area contributed by atoms with Gasteiger partial charge in [-0.05, 0) is 50.3 Å². The van der Waals surface area contributed by atoms with Crippen molar-refractivity contribution in [3.8, 4) is 0 Å². The van der Waals surface area contributed by atoms with Crippen molar-refractivity contribution < 1.29 is 18.8 Å². The average molecular weight is 387 g/mol.